The van der Waals surface area contributed by atoms with Crippen molar-refractivity contribution in [3.8, 4) is 5.75 Å². The molecule has 92 valence electrons. The first-order valence-corrected chi connectivity index (χ1v) is 5.30. The van der Waals surface area contributed by atoms with Gasteiger partial charge in [-0.15, -0.1) is 0 Å². The zero-order chi connectivity index (χ0) is 12.6. The Morgan fingerprint density at radius 2 is 1.69 bits per heavy atom. The molecule has 0 heterocycles. The third-order valence-electron chi connectivity index (χ3n) is 1.74. The van der Waals surface area contributed by atoms with Gasteiger partial charge in [-0.1, -0.05) is 39.0 Å². The van der Waals surface area contributed by atoms with Gasteiger partial charge in [-0.2, -0.15) is 13.2 Å². The first-order chi connectivity index (χ1) is 7.53. The summed E-state index contributed by atoms with van der Waals surface area (Å²) in [5, 5.41) is 0. The van der Waals surface area contributed by atoms with Crippen LogP contribution >= 0.6 is 0 Å². The SMILES string of the molecule is CC.CCc1ccccc1OCC(F)(F)F. The van der Waals surface area contributed by atoms with Gasteiger partial charge in [0.25, 0.3) is 0 Å². The number of ether oxygens (including phenoxy) is 1. The van der Waals surface area contributed by atoms with Crippen molar-refractivity contribution in [2.45, 2.75) is 33.4 Å². The second-order valence-corrected chi connectivity index (χ2v) is 2.87. The normalized spacial score (nSPS) is 10.4. The van der Waals surface area contributed by atoms with Crippen molar-refractivity contribution in [1.29, 1.82) is 0 Å². The van der Waals surface area contributed by atoms with Crippen LogP contribution in [0.2, 0.25) is 0 Å². The smallest absolute Gasteiger partial charge is 0.422 e. The molecule has 1 rings (SSSR count). The molecule has 0 amide bonds. The van der Waals surface area contributed by atoms with Crippen molar-refractivity contribution in [1.82, 2.24) is 0 Å². The average Bonchev–Trinajstić information content (AvgIpc) is 2.28. The van der Waals surface area contributed by atoms with Gasteiger partial charge >= 0.3 is 6.18 Å². The summed E-state index contributed by atoms with van der Waals surface area (Å²) in [7, 11) is 0. The largest absolute Gasteiger partial charge is 0.484 e. The van der Waals surface area contributed by atoms with Gasteiger partial charge in [0.15, 0.2) is 6.61 Å². The Morgan fingerprint density at radius 3 is 2.19 bits per heavy atom. The molecular weight excluding hydrogens is 217 g/mol. The van der Waals surface area contributed by atoms with E-state index in [2.05, 4.69) is 4.74 Å². The van der Waals surface area contributed by atoms with Gasteiger partial charge in [0, 0.05) is 0 Å². The summed E-state index contributed by atoms with van der Waals surface area (Å²) in [5.74, 6) is 0.312. The molecule has 1 aromatic rings. The van der Waals surface area contributed by atoms with E-state index in [1.54, 1.807) is 24.3 Å². The minimum atomic E-state index is -4.28. The number of para-hydroxylation sites is 1. The quantitative estimate of drug-likeness (QED) is 0.761. The Kier molecular flexibility index (Phi) is 6.61. The molecule has 0 radical (unpaired) electrons. The molecule has 0 spiro atoms. The summed E-state index contributed by atoms with van der Waals surface area (Å²) in [6.45, 7) is 4.64. The maximum Gasteiger partial charge on any atom is 0.422 e. The molecule has 0 fully saturated rings. The molecule has 0 aliphatic rings. The van der Waals surface area contributed by atoms with Gasteiger partial charge in [-0.3, -0.25) is 0 Å². The van der Waals surface area contributed by atoms with Crippen LogP contribution in [0.5, 0.6) is 5.75 Å². The van der Waals surface area contributed by atoms with Crippen LogP contribution in [0.1, 0.15) is 26.3 Å². The van der Waals surface area contributed by atoms with Crippen LogP contribution in [0, 0.1) is 0 Å². The maximum absolute atomic E-state index is 11.9. The number of benzene rings is 1. The Labute approximate surface area is 94.2 Å². The molecule has 0 bridgehead atoms. The summed E-state index contributed by atoms with van der Waals surface area (Å²) in [4.78, 5) is 0. The van der Waals surface area contributed by atoms with E-state index in [9.17, 15) is 13.2 Å². The fraction of sp³-hybridized carbons (Fsp3) is 0.500. The summed E-state index contributed by atoms with van der Waals surface area (Å²) >= 11 is 0. The molecule has 1 aromatic carbocycles. The number of halogens is 3. The van der Waals surface area contributed by atoms with Crippen LogP contribution in [0.25, 0.3) is 0 Å². The average molecular weight is 234 g/mol. The van der Waals surface area contributed by atoms with Gasteiger partial charge in [0.1, 0.15) is 5.75 Å². The highest BCUT2D eigenvalue weighted by Gasteiger charge is 2.28. The second kappa shape index (κ2) is 7.14. The van der Waals surface area contributed by atoms with Gasteiger partial charge in [0.05, 0.1) is 0 Å². The van der Waals surface area contributed by atoms with E-state index in [4.69, 9.17) is 0 Å². The molecule has 0 saturated carbocycles. The molecule has 0 unspecified atom stereocenters. The standard InChI is InChI=1S/C10H11F3O.C2H6/c1-2-8-5-3-4-6-9(8)14-7-10(11,12)13;1-2/h3-6H,2,7H2,1H3;1-2H3. The topological polar surface area (TPSA) is 9.23 Å². The Hall–Kier alpha value is -1.19. The van der Waals surface area contributed by atoms with Gasteiger partial charge in [0.2, 0.25) is 0 Å². The van der Waals surface area contributed by atoms with Crippen molar-refractivity contribution >= 4 is 0 Å². The van der Waals surface area contributed by atoms with E-state index >= 15 is 0 Å². The molecule has 0 saturated heterocycles. The van der Waals surface area contributed by atoms with Crippen molar-refractivity contribution < 1.29 is 17.9 Å². The van der Waals surface area contributed by atoms with E-state index in [1.165, 1.54) is 0 Å². The maximum atomic E-state index is 11.9. The van der Waals surface area contributed by atoms with E-state index in [1.807, 2.05) is 20.8 Å². The Balaban J connectivity index is 0.00000106. The lowest BCUT2D eigenvalue weighted by Gasteiger charge is -2.11. The predicted octanol–water partition coefficient (Wildman–Crippen LogP) is 4.22. The van der Waals surface area contributed by atoms with Crippen LogP contribution in [0.15, 0.2) is 24.3 Å². The van der Waals surface area contributed by atoms with Crippen molar-refractivity contribution in [3.05, 3.63) is 29.8 Å². The van der Waals surface area contributed by atoms with Crippen LogP contribution in [0.4, 0.5) is 13.2 Å². The predicted molar refractivity (Wildman–Crippen MR) is 58.7 cm³/mol. The van der Waals surface area contributed by atoms with E-state index < -0.39 is 12.8 Å². The minimum absolute atomic E-state index is 0.312. The van der Waals surface area contributed by atoms with Crippen molar-refractivity contribution in [2.24, 2.45) is 0 Å². The number of alkyl halides is 3. The fourth-order valence-corrected chi connectivity index (χ4v) is 1.10. The minimum Gasteiger partial charge on any atom is -0.484 e. The highest BCUT2D eigenvalue weighted by molar-refractivity contribution is 5.33. The summed E-state index contributed by atoms with van der Waals surface area (Å²) in [6, 6.07) is 6.74. The molecule has 1 nitrogen and oxygen atoms in total. The van der Waals surface area contributed by atoms with Gasteiger partial charge in [-0.25, -0.2) is 0 Å². The fourth-order valence-electron chi connectivity index (χ4n) is 1.10. The Morgan fingerprint density at radius 1 is 1.12 bits per heavy atom. The van der Waals surface area contributed by atoms with E-state index in [0.29, 0.717) is 12.2 Å². The number of hydrogen-bond acceptors (Lipinski definition) is 1. The van der Waals surface area contributed by atoms with Crippen molar-refractivity contribution in [3.63, 3.8) is 0 Å². The molecule has 0 aliphatic carbocycles. The third-order valence-corrected chi connectivity index (χ3v) is 1.74. The van der Waals surface area contributed by atoms with Crippen molar-refractivity contribution in [2.75, 3.05) is 6.61 Å². The van der Waals surface area contributed by atoms with Gasteiger partial charge < -0.3 is 4.74 Å². The van der Waals surface area contributed by atoms with Crippen LogP contribution in [-0.2, 0) is 6.42 Å². The molecule has 0 aromatic heterocycles. The highest BCUT2D eigenvalue weighted by Crippen LogP contribution is 2.22. The van der Waals surface area contributed by atoms with Crippen LogP contribution in [-0.4, -0.2) is 12.8 Å². The third kappa shape index (κ3) is 5.63. The monoisotopic (exact) mass is 234 g/mol. The lowest BCUT2D eigenvalue weighted by Crippen LogP contribution is -2.19. The first-order valence-electron chi connectivity index (χ1n) is 5.30. The van der Waals surface area contributed by atoms with Crippen LogP contribution in [0.3, 0.4) is 0 Å². The van der Waals surface area contributed by atoms with Crippen LogP contribution < -0.4 is 4.74 Å². The number of rotatable bonds is 3. The zero-order valence-corrected chi connectivity index (χ0v) is 9.77. The molecule has 16 heavy (non-hydrogen) atoms. The molecule has 0 atom stereocenters. The number of hydrogen-bond donors (Lipinski definition) is 0. The number of aryl methyl sites for hydroxylation is 1. The van der Waals surface area contributed by atoms with Gasteiger partial charge in [-0.05, 0) is 18.1 Å². The summed E-state index contributed by atoms with van der Waals surface area (Å²) < 4.78 is 40.2. The molecule has 4 heteroatoms. The zero-order valence-electron chi connectivity index (χ0n) is 9.77. The van der Waals surface area contributed by atoms with E-state index in [-0.39, 0.29) is 0 Å². The first kappa shape index (κ1) is 14.8. The lowest BCUT2D eigenvalue weighted by atomic mass is 10.1. The second-order valence-electron chi connectivity index (χ2n) is 2.87. The highest BCUT2D eigenvalue weighted by atomic mass is 19.4. The molecule has 0 aliphatic heterocycles. The van der Waals surface area contributed by atoms with E-state index in [0.717, 1.165) is 5.56 Å². The molecular formula is C12H17F3O. The Bertz CT molecular complexity index is 295. The lowest BCUT2D eigenvalue weighted by molar-refractivity contribution is -0.153. The summed E-state index contributed by atoms with van der Waals surface area (Å²) in [6.07, 6.45) is -3.62. The summed E-state index contributed by atoms with van der Waals surface area (Å²) in [5.41, 5.74) is 0.789. The molecule has 0 N–H and O–H groups in total.